The molecule has 0 fully saturated rings. The summed E-state index contributed by atoms with van der Waals surface area (Å²) in [5.41, 5.74) is 5.51. The number of aryl methyl sites for hydroxylation is 1. The summed E-state index contributed by atoms with van der Waals surface area (Å²) in [6.07, 6.45) is 3.88. The van der Waals surface area contributed by atoms with Crippen LogP contribution in [0.1, 0.15) is 16.7 Å². The Bertz CT molecular complexity index is 1360. The third kappa shape index (κ3) is 3.52. The number of sulfonamides is 1. The van der Waals surface area contributed by atoms with Crippen molar-refractivity contribution >= 4 is 21.4 Å². The lowest BCUT2D eigenvalue weighted by molar-refractivity contribution is 0.411. The molecule has 0 atom stereocenters. The number of benzene rings is 2. The van der Waals surface area contributed by atoms with E-state index < -0.39 is 10.0 Å². The molecule has 0 unspecified atom stereocenters. The monoisotopic (exact) mass is 421 g/mol. The van der Waals surface area contributed by atoms with Gasteiger partial charge in [0.2, 0.25) is 0 Å². The molecule has 154 valence electrons. The van der Waals surface area contributed by atoms with Crippen LogP contribution in [0.2, 0.25) is 0 Å². The van der Waals surface area contributed by atoms with E-state index in [1.807, 2.05) is 54.9 Å². The van der Waals surface area contributed by atoms with Gasteiger partial charge in [-0.25, -0.2) is 13.4 Å². The Morgan fingerprint density at radius 3 is 2.53 bits per heavy atom. The topological polar surface area (TPSA) is 72.7 Å². The number of anilines is 1. The minimum absolute atomic E-state index is 0.231. The summed E-state index contributed by atoms with van der Waals surface area (Å²) in [4.78, 5) is 4.93. The fourth-order valence-electron chi connectivity index (χ4n) is 3.53. The molecule has 4 aromatic rings. The molecule has 2 aromatic carbocycles. The molecule has 0 aliphatic rings. The Morgan fingerprint density at radius 2 is 1.80 bits per heavy atom. The predicted octanol–water partition coefficient (Wildman–Crippen LogP) is 4.74. The van der Waals surface area contributed by atoms with E-state index in [1.165, 1.54) is 0 Å². The summed E-state index contributed by atoms with van der Waals surface area (Å²) >= 11 is 0. The standard InChI is InChI=1S/C23H23N3O3S/c1-15-7-6-12-26-14-20(24-23(15)26)18-8-5-9-19(13-18)25-30(27,28)22-11-10-21(29-4)16(2)17(22)3/h5-14,25H,1-4H3. The average molecular weight is 422 g/mol. The van der Waals surface area contributed by atoms with Crippen LogP contribution in [-0.4, -0.2) is 24.9 Å². The number of nitrogens with one attached hydrogen (secondary N) is 1. The minimum Gasteiger partial charge on any atom is -0.496 e. The van der Waals surface area contributed by atoms with Gasteiger partial charge in [0.1, 0.15) is 11.4 Å². The van der Waals surface area contributed by atoms with Crippen molar-refractivity contribution in [1.29, 1.82) is 0 Å². The van der Waals surface area contributed by atoms with Gasteiger partial charge >= 0.3 is 0 Å². The second kappa shape index (κ2) is 7.50. The number of imidazole rings is 1. The van der Waals surface area contributed by atoms with Gasteiger partial charge in [0.25, 0.3) is 10.0 Å². The molecule has 0 aliphatic heterocycles. The Hall–Kier alpha value is -3.32. The highest BCUT2D eigenvalue weighted by atomic mass is 32.2. The van der Waals surface area contributed by atoms with E-state index in [1.54, 1.807) is 38.3 Å². The van der Waals surface area contributed by atoms with Crippen molar-refractivity contribution in [2.75, 3.05) is 11.8 Å². The number of ether oxygens (including phenoxy) is 1. The first-order chi connectivity index (χ1) is 14.3. The summed E-state index contributed by atoms with van der Waals surface area (Å²) < 4.78 is 36.0. The number of aromatic nitrogens is 2. The third-order valence-corrected chi connectivity index (χ3v) is 6.81. The first-order valence-electron chi connectivity index (χ1n) is 9.52. The van der Waals surface area contributed by atoms with Crippen LogP contribution in [-0.2, 0) is 10.0 Å². The molecule has 2 heterocycles. The SMILES string of the molecule is COc1ccc(S(=O)(=O)Nc2cccc(-c3cn4cccc(C)c4n3)c2)c(C)c1C. The molecule has 0 saturated heterocycles. The summed E-state index contributed by atoms with van der Waals surface area (Å²) in [7, 11) is -2.18. The van der Waals surface area contributed by atoms with Gasteiger partial charge in [0.05, 0.1) is 17.7 Å². The van der Waals surface area contributed by atoms with Crippen LogP contribution in [0.5, 0.6) is 5.75 Å². The van der Waals surface area contributed by atoms with Gasteiger partial charge in [-0.15, -0.1) is 0 Å². The van der Waals surface area contributed by atoms with Crippen molar-refractivity contribution in [3.05, 3.63) is 77.6 Å². The Labute approximate surface area is 176 Å². The molecular weight excluding hydrogens is 398 g/mol. The predicted molar refractivity (Wildman–Crippen MR) is 119 cm³/mol. The Morgan fingerprint density at radius 1 is 1.00 bits per heavy atom. The molecule has 0 spiro atoms. The maximum atomic E-state index is 13.0. The van der Waals surface area contributed by atoms with E-state index in [0.29, 0.717) is 17.0 Å². The molecule has 2 aromatic heterocycles. The second-order valence-electron chi connectivity index (χ2n) is 7.25. The highest BCUT2D eigenvalue weighted by molar-refractivity contribution is 7.92. The van der Waals surface area contributed by atoms with E-state index in [0.717, 1.165) is 28.0 Å². The zero-order valence-electron chi connectivity index (χ0n) is 17.3. The van der Waals surface area contributed by atoms with Crippen LogP contribution in [0.4, 0.5) is 5.69 Å². The fourth-order valence-corrected chi connectivity index (χ4v) is 4.88. The normalized spacial score (nSPS) is 11.6. The lowest BCUT2D eigenvalue weighted by Crippen LogP contribution is -2.15. The van der Waals surface area contributed by atoms with Crippen molar-refractivity contribution in [3.8, 4) is 17.0 Å². The van der Waals surface area contributed by atoms with Gasteiger partial charge in [0.15, 0.2) is 0 Å². The van der Waals surface area contributed by atoms with E-state index in [-0.39, 0.29) is 4.90 Å². The molecule has 0 saturated carbocycles. The molecule has 4 rings (SSSR count). The lowest BCUT2D eigenvalue weighted by atomic mass is 10.1. The molecule has 0 amide bonds. The van der Waals surface area contributed by atoms with Crippen LogP contribution in [0.3, 0.4) is 0 Å². The lowest BCUT2D eigenvalue weighted by Gasteiger charge is -2.14. The zero-order valence-corrected chi connectivity index (χ0v) is 18.1. The van der Waals surface area contributed by atoms with Crippen LogP contribution in [0.25, 0.3) is 16.9 Å². The highest BCUT2D eigenvalue weighted by Gasteiger charge is 2.20. The van der Waals surface area contributed by atoms with Crippen LogP contribution in [0.15, 0.2) is 65.8 Å². The van der Waals surface area contributed by atoms with Gasteiger partial charge in [-0.05, 0) is 67.8 Å². The fraction of sp³-hybridized carbons (Fsp3) is 0.174. The maximum Gasteiger partial charge on any atom is 0.262 e. The molecule has 0 bridgehead atoms. The van der Waals surface area contributed by atoms with Crippen LogP contribution < -0.4 is 9.46 Å². The average Bonchev–Trinajstić information content (AvgIpc) is 3.15. The quantitative estimate of drug-likeness (QED) is 0.505. The van der Waals surface area contributed by atoms with Crippen molar-refractivity contribution in [2.24, 2.45) is 0 Å². The second-order valence-corrected chi connectivity index (χ2v) is 8.90. The highest BCUT2D eigenvalue weighted by Crippen LogP contribution is 2.29. The van der Waals surface area contributed by atoms with Crippen LogP contribution in [0, 0.1) is 20.8 Å². The molecule has 1 N–H and O–H groups in total. The van der Waals surface area contributed by atoms with Crippen molar-refractivity contribution in [3.63, 3.8) is 0 Å². The van der Waals surface area contributed by atoms with E-state index in [9.17, 15) is 8.42 Å². The van der Waals surface area contributed by atoms with Crippen LogP contribution >= 0.6 is 0 Å². The zero-order chi connectivity index (χ0) is 21.5. The first kappa shape index (κ1) is 20.0. The maximum absolute atomic E-state index is 13.0. The number of methoxy groups -OCH3 is 1. The summed E-state index contributed by atoms with van der Waals surface area (Å²) in [6.45, 7) is 5.64. The van der Waals surface area contributed by atoms with Crippen molar-refractivity contribution < 1.29 is 13.2 Å². The van der Waals surface area contributed by atoms with Gasteiger partial charge in [-0.3, -0.25) is 4.72 Å². The number of rotatable bonds is 5. The Balaban J connectivity index is 1.69. The number of hydrogen-bond donors (Lipinski definition) is 1. The van der Waals surface area contributed by atoms with Crippen molar-refractivity contribution in [2.45, 2.75) is 25.7 Å². The van der Waals surface area contributed by atoms with Gasteiger partial charge in [-0.1, -0.05) is 18.2 Å². The number of pyridine rings is 1. The molecule has 7 heteroatoms. The van der Waals surface area contributed by atoms with E-state index in [4.69, 9.17) is 9.72 Å². The summed E-state index contributed by atoms with van der Waals surface area (Å²) in [5.74, 6) is 0.663. The number of fused-ring (bicyclic) bond motifs is 1. The molecule has 30 heavy (non-hydrogen) atoms. The molecular formula is C23H23N3O3S. The van der Waals surface area contributed by atoms with Gasteiger partial charge in [-0.2, -0.15) is 0 Å². The third-order valence-electron chi connectivity index (χ3n) is 5.29. The van der Waals surface area contributed by atoms with Gasteiger partial charge < -0.3 is 9.14 Å². The minimum atomic E-state index is -3.75. The number of nitrogens with zero attached hydrogens (tertiary/aromatic N) is 2. The van der Waals surface area contributed by atoms with E-state index in [2.05, 4.69) is 4.72 Å². The van der Waals surface area contributed by atoms with E-state index >= 15 is 0 Å². The van der Waals surface area contributed by atoms with Gasteiger partial charge in [0, 0.05) is 23.6 Å². The molecule has 0 radical (unpaired) electrons. The Kier molecular flexibility index (Phi) is 4.99. The summed E-state index contributed by atoms with van der Waals surface area (Å²) in [5, 5.41) is 0. The summed E-state index contributed by atoms with van der Waals surface area (Å²) in [6, 6.07) is 14.5. The van der Waals surface area contributed by atoms with Crippen molar-refractivity contribution in [1.82, 2.24) is 9.38 Å². The molecule has 0 aliphatic carbocycles. The smallest absolute Gasteiger partial charge is 0.262 e. The first-order valence-corrected chi connectivity index (χ1v) is 11.0. The largest absolute Gasteiger partial charge is 0.496 e. The molecule has 6 nitrogen and oxygen atoms in total. The number of hydrogen-bond acceptors (Lipinski definition) is 4.